The summed E-state index contributed by atoms with van der Waals surface area (Å²) in [6.07, 6.45) is 4.33. The molecular weight excluding hydrogens is 304 g/mol. The number of carbonyl (C=O) groups excluding carboxylic acids is 2. The summed E-state index contributed by atoms with van der Waals surface area (Å²) in [6.45, 7) is 8.15. The van der Waals surface area contributed by atoms with Gasteiger partial charge in [0.2, 0.25) is 0 Å². The summed E-state index contributed by atoms with van der Waals surface area (Å²) in [4.78, 5) is 25.0. The molecule has 0 heterocycles. The van der Waals surface area contributed by atoms with Crippen LogP contribution in [0.1, 0.15) is 52.4 Å². The van der Waals surface area contributed by atoms with E-state index in [9.17, 15) is 19.8 Å². The van der Waals surface area contributed by atoms with Gasteiger partial charge in [-0.25, -0.2) is 0 Å². The zero-order chi connectivity index (χ0) is 17.5. The van der Waals surface area contributed by atoms with Gasteiger partial charge in [-0.1, -0.05) is 26.8 Å². The second-order valence-electron chi connectivity index (χ2n) is 9.30. The van der Waals surface area contributed by atoms with Gasteiger partial charge in [-0.2, -0.15) is 0 Å². The Morgan fingerprint density at radius 3 is 2.54 bits per heavy atom. The van der Waals surface area contributed by atoms with E-state index in [4.69, 9.17) is 0 Å². The van der Waals surface area contributed by atoms with Gasteiger partial charge in [-0.05, 0) is 54.9 Å². The first-order valence-electron chi connectivity index (χ1n) is 9.28. The average molecular weight is 332 g/mol. The predicted octanol–water partition coefficient (Wildman–Crippen LogP) is 2.28. The number of aliphatic hydroxyl groups is 2. The Kier molecular flexibility index (Phi) is 3.29. The van der Waals surface area contributed by atoms with Gasteiger partial charge in [-0.15, -0.1) is 0 Å². The smallest absolute Gasteiger partial charge is 0.167 e. The Balaban J connectivity index is 1.85. The highest BCUT2D eigenvalue weighted by Crippen LogP contribution is 2.70. The highest BCUT2D eigenvalue weighted by molar-refractivity contribution is 6.04. The summed E-state index contributed by atoms with van der Waals surface area (Å²) in [5, 5.41) is 21.6. The molecule has 1 spiro atoms. The van der Waals surface area contributed by atoms with Crippen LogP contribution in [0.5, 0.6) is 0 Å². The third kappa shape index (κ3) is 1.62. The monoisotopic (exact) mass is 332 g/mol. The van der Waals surface area contributed by atoms with Gasteiger partial charge in [0.1, 0.15) is 6.29 Å². The zero-order valence-electron chi connectivity index (χ0n) is 14.6. The minimum atomic E-state index is -0.826. The zero-order valence-corrected chi connectivity index (χ0v) is 14.6. The summed E-state index contributed by atoms with van der Waals surface area (Å²) in [7, 11) is 0. The molecule has 4 heteroatoms. The molecule has 4 rings (SSSR count). The van der Waals surface area contributed by atoms with Crippen molar-refractivity contribution in [3.63, 3.8) is 0 Å². The maximum atomic E-state index is 13.1. The number of aldehydes is 1. The number of aliphatic hydroxyl groups excluding tert-OH is 2. The molecule has 0 aliphatic heterocycles. The average Bonchev–Trinajstić information content (AvgIpc) is 2.66. The van der Waals surface area contributed by atoms with Crippen LogP contribution in [-0.4, -0.2) is 34.5 Å². The van der Waals surface area contributed by atoms with E-state index in [0.717, 1.165) is 32.0 Å². The van der Waals surface area contributed by atoms with E-state index in [1.54, 1.807) is 0 Å². The van der Waals surface area contributed by atoms with Crippen LogP contribution in [0.3, 0.4) is 0 Å². The predicted molar refractivity (Wildman–Crippen MR) is 89.0 cm³/mol. The third-order valence-corrected chi connectivity index (χ3v) is 8.43. The first-order chi connectivity index (χ1) is 11.2. The molecule has 0 saturated heterocycles. The molecule has 4 fully saturated rings. The number of fused-ring (bicyclic) bond motifs is 3. The Hall–Kier alpha value is -1.00. The molecule has 0 radical (unpaired) electrons. The molecule has 4 nitrogen and oxygen atoms in total. The van der Waals surface area contributed by atoms with Gasteiger partial charge in [0.25, 0.3) is 0 Å². The lowest BCUT2D eigenvalue weighted by Crippen LogP contribution is -2.63. The van der Waals surface area contributed by atoms with Crippen molar-refractivity contribution in [3.05, 3.63) is 12.2 Å². The topological polar surface area (TPSA) is 74.6 Å². The van der Waals surface area contributed by atoms with E-state index in [1.807, 2.05) is 6.92 Å². The summed E-state index contributed by atoms with van der Waals surface area (Å²) in [5.41, 5.74) is -0.930. The minimum absolute atomic E-state index is 0.0281. The van der Waals surface area contributed by atoms with Gasteiger partial charge < -0.3 is 15.0 Å². The summed E-state index contributed by atoms with van der Waals surface area (Å²) in [5.74, 6) is -0.393. The normalized spacial score (nSPS) is 56.6. The fraction of sp³-hybridized carbons (Fsp3) is 0.800. The summed E-state index contributed by atoms with van der Waals surface area (Å²) >= 11 is 0. The van der Waals surface area contributed by atoms with E-state index in [0.29, 0.717) is 18.4 Å². The second-order valence-corrected chi connectivity index (χ2v) is 9.30. The second kappa shape index (κ2) is 4.79. The molecule has 0 unspecified atom stereocenters. The summed E-state index contributed by atoms with van der Waals surface area (Å²) in [6, 6.07) is 0. The molecule has 0 aromatic rings. The number of Topliss-reactive ketones (excluding diaryl/α,β-unsaturated/α-hetero) is 1. The van der Waals surface area contributed by atoms with Crippen molar-refractivity contribution < 1.29 is 19.8 Å². The number of hydrogen-bond acceptors (Lipinski definition) is 4. The number of hydrogen-bond donors (Lipinski definition) is 2. The fourth-order valence-corrected chi connectivity index (χ4v) is 7.35. The Morgan fingerprint density at radius 2 is 1.88 bits per heavy atom. The van der Waals surface area contributed by atoms with Crippen molar-refractivity contribution in [1.29, 1.82) is 0 Å². The van der Waals surface area contributed by atoms with Gasteiger partial charge >= 0.3 is 0 Å². The largest absolute Gasteiger partial charge is 0.392 e. The maximum absolute atomic E-state index is 13.1. The quantitative estimate of drug-likeness (QED) is 0.571. The van der Waals surface area contributed by atoms with Crippen LogP contribution < -0.4 is 0 Å². The molecule has 24 heavy (non-hydrogen) atoms. The number of rotatable bonds is 1. The van der Waals surface area contributed by atoms with Crippen LogP contribution in [0, 0.1) is 34.0 Å². The lowest BCUT2D eigenvalue weighted by Gasteiger charge is -2.63. The van der Waals surface area contributed by atoms with Crippen LogP contribution in [0.25, 0.3) is 0 Å². The molecule has 2 bridgehead atoms. The standard InChI is InChI=1S/C20H28O4/c1-11-15-12(22)9-14-19(3)7-4-6-18(2,10-21)13(19)5-8-20(14,16(11)23)17(15)24/h10,12-15,17,22,24H,1,4-9H2,2-3H3/t12-,13+,14-,15+,17+,18+,19+,20+/m0/s1. The lowest BCUT2D eigenvalue weighted by molar-refractivity contribution is -0.201. The number of carbonyl (C=O) groups is 2. The van der Waals surface area contributed by atoms with Gasteiger partial charge in [-0.3, -0.25) is 4.79 Å². The third-order valence-electron chi connectivity index (χ3n) is 8.43. The summed E-state index contributed by atoms with van der Waals surface area (Å²) < 4.78 is 0. The maximum Gasteiger partial charge on any atom is 0.167 e. The van der Waals surface area contributed by atoms with Crippen LogP contribution in [0.15, 0.2) is 12.2 Å². The highest BCUT2D eigenvalue weighted by Gasteiger charge is 2.72. The van der Waals surface area contributed by atoms with E-state index in [1.165, 1.54) is 0 Å². The molecule has 4 aliphatic carbocycles. The van der Waals surface area contributed by atoms with Crippen molar-refractivity contribution in [2.75, 3.05) is 0 Å². The van der Waals surface area contributed by atoms with Crippen molar-refractivity contribution in [2.24, 2.45) is 34.0 Å². The van der Waals surface area contributed by atoms with Crippen molar-refractivity contribution in [2.45, 2.75) is 64.6 Å². The Bertz CT molecular complexity index is 627. The molecule has 132 valence electrons. The first kappa shape index (κ1) is 16.5. The van der Waals surface area contributed by atoms with E-state index in [2.05, 4.69) is 13.5 Å². The fourth-order valence-electron chi connectivity index (χ4n) is 7.35. The van der Waals surface area contributed by atoms with Gasteiger partial charge in [0.05, 0.1) is 17.6 Å². The first-order valence-corrected chi connectivity index (χ1v) is 9.28. The van der Waals surface area contributed by atoms with E-state index < -0.39 is 23.5 Å². The minimum Gasteiger partial charge on any atom is -0.392 e. The van der Waals surface area contributed by atoms with E-state index >= 15 is 0 Å². The molecule has 4 aliphatic rings. The molecule has 2 N–H and O–H groups in total. The molecule has 0 aromatic carbocycles. The van der Waals surface area contributed by atoms with Crippen molar-refractivity contribution >= 4 is 12.1 Å². The SMILES string of the molecule is C=C1C(=O)[C@@]23CC[C@H]4[C@@](C)(CCC[C@]4(C)C=O)[C@@H]2C[C@H](O)[C@@H]1[C@H]3O. The molecule has 4 saturated carbocycles. The molecule has 0 aromatic heterocycles. The van der Waals surface area contributed by atoms with E-state index in [-0.39, 0.29) is 28.4 Å². The van der Waals surface area contributed by atoms with Gasteiger partial charge in [0.15, 0.2) is 5.78 Å². The van der Waals surface area contributed by atoms with Crippen LogP contribution >= 0.6 is 0 Å². The molecule has 0 amide bonds. The highest BCUT2D eigenvalue weighted by atomic mass is 16.3. The van der Waals surface area contributed by atoms with Crippen molar-refractivity contribution in [3.8, 4) is 0 Å². The molecular formula is C20H28O4. The Labute approximate surface area is 143 Å². The van der Waals surface area contributed by atoms with Crippen LogP contribution in [-0.2, 0) is 9.59 Å². The Morgan fingerprint density at radius 1 is 1.17 bits per heavy atom. The molecule has 8 atom stereocenters. The van der Waals surface area contributed by atoms with Crippen LogP contribution in [0.4, 0.5) is 0 Å². The van der Waals surface area contributed by atoms with Crippen molar-refractivity contribution in [1.82, 2.24) is 0 Å². The number of ketones is 1. The lowest BCUT2D eigenvalue weighted by atomic mass is 9.40. The van der Waals surface area contributed by atoms with Gasteiger partial charge in [0, 0.05) is 11.3 Å². The van der Waals surface area contributed by atoms with Crippen LogP contribution in [0.2, 0.25) is 0 Å².